The molecule has 7 heteroatoms. The third-order valence-corrected chi connectivity index (χ3v) is 6.71. The third kappa shape index (κ3) is 4.65. The first-order valence-electron chi connectivity index (χ1n) is 8.17. The molecule has 0 bridgehead atoms. The zero-order chi connectivity index (χ0) is 18.6. The van der Waals surface area contributed by atoms with Crippen molar-refractivity contribution < 1.29 is 13.2 Å². The van der Waals surface area contributed by atoms with Crippen molar-refractivity contribution in [3.8, 4) is 6.07 Å². The van der Waals surface area contributed by atoms with Crippen molar-refractivity contribution in [1.29, 1.82) is 5.26 Å². The summed E-state index contributed by atoms with van der Waals surface area (Å²) in [4.78, 5) is 13.4. The zero-order valence-corrected chi connectivity index (χ0v) is 15.6. The summed E-state index contributed by atoms with van der Waals surface area (Å²) in [6, 6.07) is 16.0. The molecule has 134 valence electrons. The lowest BCUT2D eigenvalue weighted by molar-refractivity contribution is -0.119. The second-order valence-corrected chi connectivity index (χ2v) is 9.34. The fourth-order valence-corrected chi connectivity index (χ4v) is 5.32. The number of carbonyl (C=O) groups excluding carboxylic acids is 1. The number of amides is 1. The normalized spacial score (nSPS) is 16.3. The molecule has 0 radical (unpaired) electrons. The van der Waals surface area contributed by atoms with Gasteiger partial charge in [0.2, 0.25) is 5.91 Å². The van der Waals surface area contributed by atoms with Gasteiger partial charge in [0.05, 0.1) is 23.4 Å². The first kappa shape index (κ1) is 18.5. The van der Waals surface area contributed by atoms with Gasteiger partial charge in [-0.15, -0.1) is 11.8 Å². The summed E-state index contributed by atoms with van der Waals surface area (Å²) in [5.74, 6) is -0.354. The van der Waals surface area contributed by atoms with Crippen LogP contribution < -0.4 is 5.32 Å². The van der Waals surface area contributed by atoms with E-state index in [-0.39, 0.29) is 11.8 Å². The smallest absolute Gasteiger partial charge is 0.235 e. The number of fused-ring (bicyclic) bond motifs is 1. The Bertz CT molecular complexity index is 947. The van der Waals surface area contributed by atoms with Crippen LogP contribution in [0.5, 0.6) is 0 Å². The van der Waals surface area contributed by atoms with Gasteiger partial charge in [-0.2, -0.15) is 5.26 Å². The van der Waals surface area contributed by atoms with Crippen molar-refractivity contribution in [2.45, 2.75) is 23.1 Å². The molecule has 5 nitrogen and oxygen atoms in total. The summed E-state index contributed by atoms with van der Waals surface area (Å²) in [5.41, 5.74) is 2.08. The van der Waals surface area contributed by atoms with Gasteiger partial charge < -0.3 is 5.32 Å². The average Bonchev–Trinajstić information content (AvgIpc) is 2.62. The Kier molecular flexibility index (Phi) is 5.64. The molecule has 1 aliphatic heterocycles. The van der Waals surface area contributed by atoms with Gasteiger partial charge in [-0.25, -0.2) is 8.42 Å². The summed E-state index contributed by atoms with van der Waals surface area (Å²) in [6.45, 7) is 0. The monoisotopic (exact) mass is 386 g/mol. The van der Waals surface area contributed by atoms with Crippen LogP contribution in [0.25, 0.3) is 0 Å². The molecule has 1 N–H and O–H groups in total. The van der Waals surface area contributed by atoms with Gasteiger partial charge in [0.25, 0.3) is 0 Å². The van der Waals surface area contributed by atoms with Crippen molar-refractivity contribution in [2.75, 3.05) is 11.5 Å². The van der Waals surface area contributed by atoms with Crippen molar-refractivity contribution in [3.05, 3.63) is 65.2 Å². The van der Waals surface area contributed by atoms with E-state index in [1.165, 1.54) is 0 Å². The van der Waals surface area contributed by atoms with E-state index in [2.05, 4.69) is 5.32 Å². The van der Waals surface area contributed by atoms with E-state index in [0.29, 0.717) is 11.1 Å². The van der Waals surface area contributed by atoms with Crippen LogP contribution in [0.3, 0.4) is 0 Å². The number of thioether (sulfide) groups is 1. The minimum Gasteiger partial charge on any atom is -0.348 e. The first-order valence-corrected chi connectivity index (χ1v) is 11.0. The molecule has 0 spiro atoms. The lowest BCUT2D eigenvalue weighted by Crippen LogP contribution is -2.35. The summed E-state index contributed by atoms with van der Waals surface area (Å²) in [7, 11) is -3.58. The predicted molar refractivity (Wildman–Crippen MR) is 101 cm³/mol. The third-order valence-electron chi connectivity index (χ3n) is 4.11. The van der Waals surface area contributed by atoms with Gasteiger partial charge in [0.1, 0.15) is 5.75 Å². The maximum absolute atomic E-state index is 12.3. The molecule has 26 heavy (non-hydrogen) atoms. The Morgan fingerprint density at radius 3 is 2.65 bits per heavy atom. The number of sulfone groups is 1. The molecule has 2 aromatic carbocycles. The fraction of sp³-hybridized carbons (Fsp3) is 0.263. The van der Waals surface area contributed by atoms with Crippen LogP contribution in [0.2, 0.25) is 0 Å². The van der Waals surface area contributed by atoms with Gasteiger partial charge in [-0.05, 0) is 35.7 Å². The molecule has 1 atom stereocenters. The average molecular weight is 386 g/mol. The second kappa shape index (κ2) is 7.94. The molecule has 0 saturated heterocycles. The van der Waals surface area contributed by atoms with E-state index in [4.69, 9.17) is 5.26 Å². The molecular weight excluding hydrogens is 368 g/mol. The predicted octanol–water partition coefficient (Wildman–Crippen LogP) is 2.83. The topological polar surface area (TPSA) is 87.0 Å². The Morgan fingerprint density at radius 1 is 1.19 bits per heavy atom. The van der Waals surface area contributed by atoms with Gasteiger partial charge in [-0.3, -0.25) is 4.79 Å². The molecule has 0 unspecified atom stereocenters. The minimum absolute atomic E-state index is 0.148. The molecule has 0 aromatic heterocycles. The van der Waals surface area contributed by atoms with Crippen LogP contribution >= 0.6 is 11.8 Å². The Hall–Kier alpha value is -2.30. The van der Waals surface area contributed by atoms with E-state index in [9.17, 15) is 13.2 Å². The van der Waals surface area contributed by atoms with Crippen LogP contribution in [0.4, 0.5) is 0 Å². The van der Waals surface area contributed by atoms with Crippen molar-refractivity contribution in [3.63, 3.8) is 0 Å². The van der Waals surface area contributed by atoms with Gasteiger partial charge in [0.15, 0.2) is 9.84 Å². The number of nitriles is 1. The first-order chi connectivity index (χ1) is 12.5. The highest BCUT2D eigenvalue weighted by Crippen LogP contribution is 2.35. The molecule has 3 rings (SSSR count). The van der Waals surface area contributed by atoms with Gasteiger partial charge in [-0.1, -0.05) is 30.3 Å². The molecular formula is C19H18N2O3S2. The van der Waals surface area contributed by atoms with E-state index in [0.717, 1.165) is 22.6 Å². The standard InChI is InChI=1S/C19H18N2O3S2/c20-11-14-5-7-15(8-6-14)12-26(23,24)13-19(22)21-17-9-10-25-18-4-2-1-3-16(17)18/h1-8,17H,9-10,12-13H2,(H,21,22)/t17-/m1/s1. The highest BCUT2D eigenvalue weighted by Gasteiger charge is 2.24. The van der Waals surface area contributed by atoms with Crippen LogP contribution in [0, 0.1) is 11.3 Å². The highest BCUT2D eigenvalue weighted by atomic mass is 32.2. The van der Waals surface area contributed by atoms with E-state index in [1.54, 1.807) is 36.0 Å². The number of benzene rings is 2. The summed E-state index contributed by atoms with van der Waals surface area (Å²) < 4.78 is 24.6. The minimum atomic E-state index is -3.58. The van der Waals surface area contributed by atoms with E-state index >= 15 is 0 Å². The fourth-order valence-electron chi connectivity index (χ4n) is 2.91. The largest absolute Gasteiger partial charge is 0.348 e. The van der Waals surface area contributed by atoms with Gasteiger partial charge in [0, 0.05) is 10.6 Å². The Morgan fingerprint density at radius 2 is 1.92 bits per heavy atom. The number of hydrogen-bond acceptors (Lipinski definition) is 5. The SMILES string of the molecule is N#Cc1ccc(CS(=O)(=O)CC(=O)N[C@@H]2CCSc3ccccc32)cc1. The second-order valence-electron chi connectivity index (χ2n) is 6.14. The number of nitrogens with one attached hydrogen (secondary N) is 1. The van der Waals surface area contributed by atoms with Crippen LogP contribution in [0.15, 0.2) is 53.4 Å². The molecule has 2 aromatic rings. The Labute approximate surface area is 157 Å². The number of nitrogens with zero attached hydrogens (tertiary/aromatic N) is 1. The van der Waals surface area contributed by atoms with E-state index < -0.39 is 21.5 Å². The summed E-state index contributed by atoms with van der Waals surface area (Å²) >= 11 is 1.74. The lowest BCUT2D eigenvalue weighted by Gasteiger charge is -2.25. The lowest BCUT2D eigenvalue weighted by atomic mass is 10.0. The van der Waals surface area contributed by atoms with Crippen molar-refractivity contribution in [2.24, 2.45) is 0 Å². The molecule has 1 amide bonds. The molecule has 1 aliphatic rings. The van der Waals surface area contributed by atoms with Crippen molar-refractivity contribution in [1.82, 2.24) is 5.32 Å². The highest BCUT2D eigenvalue weighted by molar-refractivity contribution is 7.99. The maximum atomic E-state index is 12.3. The quantitative estimate of drug-likeness (QED) is 0.854. The van der Waals surface area contributed by atoms with Crippen LogP contribution in [0.1, 0.15) is 29.2 Å². The van der Waals surface area contributed by atoms with E-state index in [1.807, 2.05) is 30.3 Å². The number of hydrogen-bond donors (Lipinski definition) is 1. The molecule has 0 fully saturated rings. The van der Waals surface area contributed by atoms with Crippen molar-refractivity contribution >= 4 is 27.5 Å². The van der Waals surface area contributed by atoms with Crippen LogP contribution in [-0.4, -0.2) is 25.8 Å². The molecule has 0 aliphatic carbocycles. The molecule has 1 heterocycles. The van der Waals surface area contributed by atoms with Gasteiger partial charge >= 0.3 is 0 Å². The maximum Gasteiger partial charge on any atom is 0.235 e. The number of carbonyl (C=O) groups is 1. The zero-order valence-electron chi connectivity index (χ0n) is 14.0. The molecule has 0 saturated carbocycles. The summed E-state index contributed by atoms with van der Waals surface area (Å²) in [6.07, 6.45) is 0.781. The Balaban J connectivity index is 1.63. The number of rotatable bonds is 5. The van der Waals surface area contributed by atoms with Crippen LogP contribution in [-0.2, 0) is 20.4 Å². The summed E-state index contributed by atoms with van der Waals surface area (Å²) in [5, 5.41) is 11.6.